The zero-order chi connectivity index (χ0) is 15.4. The molecular formula is C15H15BrFN3O. The van der Waals surface area contributed by atoms with Crippen LogP contribution < -0.4 is 5.32 Å². The molecule has 0 aliphatic heterocycles. The fourth-order valence-corrected chi connectivity index (χ4v) is 2.21. The molecule has 1 amide bonds. The van der Waals surface area contributed by atoms with E-state index < -0.39 is 5.82 Å². The summed E-state index contributed by atoms with van der Waals surface area (Å²) in [7, 11) is 0. The predicted molar refractivity (Wildman–Crippen MR) is 84.4 cm³/mol. The lowest BCUT2D eigenvalue weighted by atomic mass is 10.2. The van der Waals surface area contributed by atoms with Gasteiger partial charge in [0.25, 0.3) is 0 Å². The highest BCUT2D eigenvalue weighted by Gasteiger charge is 2.06. The van der Waals surface area contributed by atoms with E-state index in [-0.39, 0.29) is 11.6 Å². The minimum absolute atomic E-state index is 0.147. The maximum atomic E-state index is 13.6. The summed E-state index contributed by atoms with van der Waals surface area (Å²) in [6, 6.07) is 4.47. The molecule has 0 bridgehead atoms. The third-order valence-corrected chi connectivity index (χ3v) is 3.54. The molecule has 0 unspecified atom stereocenters. The van der Waals surface area contributed by atoms with Crippen LogP contribution in [0.25, 0.3) is 6.08 Å². The first-order valence-corrected chi connectivity index (χ1v) is 7.27. The van der Waals surface area contributed by atoms with Gasteiger partial charge in [-0.15, -0.1) is 0 Å². The van der Waals surface area contributed by atoms with Crippen molar-refractivity contribution in [3.63, 3.8) is 0 Å². The quantitative estimate of drug-likeness (QED) is 0.852. The van der Waals surface area contributed by atoms with Crippen molar-refractivity contribution >= 4 is 33.6 Å². The lowest BCUT2D eigenvalue weighted by Crippen LogP contribution is -2.09. The standard InChI is InChI=1S/C15H15BrFN3O/c1-3-20-10(2)11(9-18-20)4-7-15(21)19-14-6-5-12(16)8-13(14)17/h4-9H,3H2,1-2H3,(H,19,21). The average molecular weight is 352 g/mol. The van der Waals surface area contributed by atoms with Crippen LogP contribution >= 0.6 is 15.9 Å². The van der Waals surface area contributed by atoms with Crippen LogP contribution in [-0.2, 0) is 11.3 Å². The van der Waals surface area contributed by atoms with E-state index in [1.54, 1.807) is 18.3 Å². The van der Waals surface area contributed by atoms with Gasteiger partial charge < -0.3 is 5.32 Å². The van der Waals surface area contributed by atoms with Crippen LogP contribution in [0, 0.1) is 12.7 Å². The largest absolute Gasteiger partial charge is 0.320 e. The van der Waals surface area contributed by atoms with E-state index in [9.17, 15) is 9.18 Å². The van der Waals surface area contributed by atoms with Gasteiger partial charge in [-0.1, -0.05) is 15.9 Å². The number of carbonyl (C=O) groups is 1. The van der Waals surface area contributed by atoms with Crippen LogP contribution in [0.15, 0.2) is 34.9 Å². The second kappa shape index (κ2) is 6.67. The lowest BCUT2D eigenvalue weighted by Gasteiger charge is -2.04. The molecule has 2 aromatic rings. The second-order valence-electron chi connectivity index (χ2n) is 4.45. The summed E-state index contributed by atoms with van der Waals surface area (Å²) in [5, 5.41) is 6.69. The first kappa shape index (κ1) is 15.4. The van der Waals surface area contributed by atoms with Gasteiger partial charge in [-0.2, -0.15) is 5.10 Å². The normalized spacial score (nSPS) is 11.0. The summed E-state index contributed by atoms with van der Waals surface area (Å²) in [5.41, 5.74) is 1.99. The molecular weight excluding hydrogens is 337 g/mol. The minimum atomic E-state index is -0.485. The van der Waals surface area contributed by atoms with Crippen molar-refractivity contribution in [3.05, 3.63) is 52.0 Å². The van der Waals surface area contributed by atoms with Gasteiger partial charge in [-0.3, -0.25) is 9.48 Å². The van der Waals surface area contributed by atoms with Crippen LogP contribution in [0.5, 0.6) is 0 Å². The Hall–Kier alpha value is -1.95. The fraction of sp³-hybridized carbons (Fsp3) is 0.200. The highest BCUT2D eigenvalue weighted by molar-refractivity contribution is 9.10. The number of nitrogens with one attached hydrogen (secondary N) is 1. The number of aromatic nitrogens is 2. The highest BCUT2D eigenvalue weighted by atomic mass is 79.9. The van der Waals surface area contributed by atoms with E-state index >= 15 is 0 Å². The number of hydrogen-bond donors (Lipinski definition) is 1. The number of amides is 1. The second-order valence-corrected chi connectivity index (χ2v) is 5.36. The van der Waals surface area contributed by atoms with Crippen molar-refractivity contribution in [2.24, 2.45) is 0 Å². The van der Waals surface area contributed by atoms with Crippen LogP contribution in [-0.4, -0.2) is 15.7 Å². The Labute approximate surface area is 130 Å². The molecule has 6 heteroatoms. The molecule has 1 aromatic heterocycles. The van der Waals surface area contributed by atoms with Gasteiger partial charge in [-0.05, 0) is 38.1 Å². The van der Waals surface area contributed by atoms with Crippen molar-refractivity contribution in [1.82, 2.24) is 9.78 Å². The summed E-state index contributed by atoms with van der Waals surface area (Å²) in [5.74, 6) is -0.874. The Balaban J connectivity index is 2.07. The third kappa shape index (κ3) is 3.78. The number of nitrogens with zero attached hydrogens (tertiary/aromatic N) is 2. The van der Waals surface area contributed by atoms with Crippen LogP contribution in [0.4, 0.5) is 10.1 Å². The Morgan fingerprint density at radius 3 is 2.90 bits per heavy atom. The molecule has 2 rings (SSSR count). The summed E-state index contributed by atoms with van der Waals surface area (Å²) in [4.78, 5) is 11.8. The van der Waals surface area contributed by atoms with Gasteiger partial charge in [0, 0.05) is 28.4 Å². The molecule has 0 aliphatic rings. The molecule has 110 valence electrons. The fourth-order valence-electron chi connectivity index (χ4n) is 1.87. The van der Waals surface area contributed by atoms with E-state index in [0.29, 0.717) is 4.47 Å². The zero-order valence-corrected chi connectivity index (χ0v) is 13.3. The lowest BCUT2D eigenvalue weighted by molar-refractivity contribution is -0.111. The summed E-state index contributed by atoms with van der Waals surface area (Å²) in [6.07, 6.45) is 4.73. The Morgan fingerprint density at radius 2 is 2.29 bits per heavy atom. The van der Waals surface area contributed by atoms with Gasteiger partial charge in [0.05, 0.1) is 11.9 Å². The van der Waals surface area contributed by atoms with Gasteiger partial charge in [0.15, 0.2) is 0 Å². The van der Waals surface area contributed by atoms with E-state index in [1.807, 2.05) is 18.5 Å². The smallest absolute Gasteiger partial charge is 0.248 e. The van der Waals surface area contributed by atoms with E-state index in [2.05, 4.69) is 26.3 Å². The number of rotatable bonds is 4. The number of carbonyl (C=O) groups excluding carboxylic acids is 1. The van der Waals surface area contributed by atoms with Crippen molar-refractivity contribution < 1.29 is 9.18 Å². The molecule has 1 aromatic carbocycles. The number of hydrogen-bond acceptors (Lipinski definition) is 2. The molecule has 0 fully saturated rings. The highest BCUT2D eigenvalue weighted by Crippen LogP contribution is 2.19. The Kier molecular flexibility index (Phi) is 4.90. The average Bonchev–Trinajstić information content (AvgIpc) is 2.80. The first-order chi connectivity index (χ1) is 10.0. The Morgan fingerprint density at radius 1 is 1.52 bits per heavy atom. The zero-order valence-electron chi connectivity index (χ0n) is 11.7. The van der Waals surface area contributed by atoms with Crippen molar-refractivity contribution in [3.8, 4) is 0 Å². The summed E-state index contributed by atoms with van der Waals surface area (Å²) in [6.45, 7) is 4.70. The Bertz CT molecular complexity index is 694. The van der Waals surface area contributed by atoms with Gasteiger partial charge in [-0.25, -0.2) is 4.39 Å². The van der Waals surface area contributed by atoms with Gasteiger partial charge in [0.2, 0.25) is 5.91 Å². The molecule has 0 aliphatic carbocycles. The number of benzene rings is 1. The van der Waals surface area contributed by atoms with Crippen LogP contribution in [0.2, 0.25) is 0 Å². The number of anilines is 1. The molecule has 0 spiro atoms. The maximum Gasteiger partial charge on any atom is 0.248 e. The van der Waals surface area contributed by atoms with Crippen LogP contribution in [0.3, 0.4) is 0 Å². The molecule has 1 heterocycles. The van der Waals surface area contributed by atoms with Gasteiger partial charge in [0.1, 0.15) is 5.82 Å². The monoisotopic (exact) mass is 351 g/mol. The third-order valence-electron chi connectivity index (χ3n) is 3.04. The number of halogens is 2. The summed E-state index contributed by atoms with van der Waals surface area (Å²) >= 11 is 3.16. The summed E-state index contributed by atoms with van der Waals surface area (Å²) < 4.78 is 16.1. The maximum absolute atomic E-state index is 13.6. The molecule has 4 nitrogen and oxygen atoms in total. The van der Waals surface area contributed by atoms with Crippen molar-refractivity contribution in [2.75, 3.05) is 5.32 Å². The van der Waals surface area contributed by atoms with Crippen molar-refractivity contribution in [2.45, 2.75) is 20.4 Å². The van der Waals surface area contributed by atoms with E-state index in [0.717, 1.165) is 17.8 Å². The molecule has 0 atom stereocenters. The van der Waals surface area contributed by atoms with Gasteiger partial charge >= 0.3 is 0 Å². The molecule has 0 saturated carbocycles. The van der Waals surface area contributed by atoms with Crippen LogP contribution in [0.1, 0.15) is 18.2 Å². The molecule has 0 saturated heterocycles. The topological polar surface area (TPSA) is 46.9 Å². The number of aryl methyl sites for hydroxylation is 1. The van der Waals surface area contributed by atoms with Crippen molar-refractivity contribution in [1.29, 1.82) is 0 Å². The predicted octanol–water partition coefficient (Wildman–Crippen LogP) is 3.76. The van der Waals surface area contributed by atoms with E-state index in [4.69, 9.17) is 0 Å². The SMILES string of the molecule is CCn1ncc(C=CC(=O)Nc2ccc(Br)cc2F)c1C. The minimum Gasteiger partial charge on any atom is -0.320 e. The molecule has 1 N–H and O–H groups in total. The first-order valence-electron chi connectivity index (χ1n) is 6.47. The van der Waals surface area contributed by atoms with E-state index in [1.165, 1.54) is 18.2 Å². The molecule has 21 heavy (non-hydrogen) atoms. The molecule has 0 radical (unpaired) electrons.